The molecule has 21 heteroatoms. The molecule has 5 atom stereocenters. The summed E-state index contributed by atoms with van der Waals surface area (Å²) in [7, 11) is -11.7. The highest BCUT2D eigenvalue weighted by molar-refractivity contribution is 6.90. The lowest BCUT2D eigenvalue weighted by Crippen LogP contribution is -2.58. The Bertz CT molecular complexity index is 1750. The highest BCUT2D eigenvalue weighted by Crippen LogP contribution is 2.49. The van der Waals surface area contributed by atoms with Gasteiger partial charge in [-0.25, -0.2) is 14.4 Å². The molecule has 2 amide bonds. The first kappa shape index (κ1) is 67.2. The first-order valence-corrected chi connectivity index (χ1v) is 41.9. The number of hydrogen-bond donors (Lipinski definition) is 2. The van der Waals surface area contributed by atoms with Gasteiger partial charge in [-0.3, -0.25) is 4.79 Å². The Balaban J connectivity index is 2.03. The first-order chi connectivity index (χ1) is 33.4. The number of carbonyl (C=O) groups excluding carboxylic acids is 4. The maximum Gasteiger partial charge on any atom is 0.407 e. The third-order valence-corrected chi connectivity index (χ3v) is 33.0. The summed E-state index contributed by atoms with van der Waals surface area (Å²) in [6.45, 7) is 43.6. The molecule has 0 aromatic heterocycles. The summed E-state index contributed by atoms with van der Waals surface area (Å²) >= 11 is 0. The van der Waals surface area contributed by atoms with Crippen LogP contribution in [0.1, 0.15) is 132 Å². The summed E-state index contributed by atoms with van der Waals surface area (Å²) in [5.74, 6) is -0.926. The van der Waals surface area contributed by atoms with Crippen LogP contribution in [0.4, 0.5) is 9.59 Å². The quantitative estimate of drug-likeness (QED) is 0.0208. The van der Waals surface area contributed by atoms with Crippen molar-refractivity contribution < 1.29 is 64.1 Å². The molecule has 2 saturated carbocycles. The number of hydrogen-bond acceptors (Lipinski definition) is 14. The molecule has 73 heavy (non-hydrogen) atoms. The van der Waals surface area contributed by atoms with Crippen LogP contribution in [-0.4, -0.2) is 131 Å². The molecule has 2 N–H and O–H groups in total. The van der Waals surface area contributed by atoms with Gasteiger partial charge in [-0.05, 0) is 151 Å². The molecule has 2 fully saturated rings. The number of esters is 2. The summed E-state index contributed by atoms with van der Waals surface area (Å²) < 4.78 is 60.9. The number of ether oxygens (including phenoxy) is 6. The molecule has 0 spiro atoms. The Morgan fingerprint density at radius 3 is 1.59 bits per heavy atom. The van der Waals surface area contributed by atoms with E-state index in [1.54, 1.807) is 0 Å². The van der Waals surface area contributed by atoms with Crippen molar-refractivity contribution in [3.05, 3.63) is 12.7 Å². The standard InChI is InChI=1S/C52H104N2O14Si5/c1-20-23-32-69(10,11)65-71(14,15)67-73(18,19)68-72(16,17)66-70(12,13)33-24-27-60-38-44(39-63-48(58)54-42-34-49(4,5)40-51(8,22-3)36-42)64-46(56)25-26-52(9)37-43(35-50(6,7)41-52)53-47(57)62-31-29-59-28-30-61-45(55)21-2/h21,42-44H,2,20,22-41H2,1,3-19H3,(H,53,57)(H,54,58). The van der Waals surface area contributed by atoms with Gasteiger partial charge in [0.15, 0.2) is 22.7 Å². The van der Waals surface area contributed by atoms with Crippen molar-refractivity contribution in [2.24, 2.45) is 21.7 Å². The minimum atomic E-state index is -2.59. The van der Waals surface area contributed by atoms with E-state index in [4.69, 9.17) is 44.9 Å². The summed E-state index contributed by atoms with van der Waals surface area (Å²) in [5, 5.41) is 6.14. The van der Waals surface area contributed by atoms with Crippen LogP contribution in [0.2, 0.25) is 77.6 Å². The normalized spacial score (nSPS) is 22.9. The van der Waals surface area contributed by atoms with Crippen molar-refractivity contribution >= 4 is 66.4 Å². The fraction of sp³-hybridized carbons (Fsp3) is 0.885. The fourth-order valence-corrected chi connectivity index (χ4v) is 36.7. The van der Waals surface area contributed by atoms with E-state index < -0.39 is 72.5 Å². The molecular formula is C52H104N2O14Si5. The van der Waals surface area contributed by atoms with Crippen LogP contribution >= 0.6 is 0 Å². The molecule has 0 saturated heterocycles. The minimum absolute atomic E-state index is 0.0220. The smallest absolute Gasteiger partial charge is 0.407 e. The zero-order valence-corrected chi connectivity index (χ0v) is 54.1. The zero-order chi connectivity index (χ0) is 55.6. The van der Waals surface area contributed by atoms with Gasteiger partial charge in [0.25, 0.3) is 0 Å². The fourth-order valence-electron chi connectivity index (χ4n) is 11.9. The third kappa shape index (κ3) is 28.9. The van der Waals surface area contributed by atoms with Crippen LogP contribution in [-0.2, 0) is 54.5 Å². The SMILES string of the molecule is C=CC(=O)OCCOCCOC(=O)NC1CC(C)(C)CC(C)(CCC(=O)OC(COCCC[Si](C)(C)O[Si](C)(C)O[Si](C)(C)O[Si](C)(C)O[Si](C)(C)CCCC)COC(=O)NC2CC(C)(C)CC(C)(CC)C2)C1. The number of rotatable bonds is 33. The molecule has 0 radical (unpaired) electrons. The van der Waals surface area contributed by atoms with Gasteiger partial charge >= 0.3 is 49.8 Å². The van der Waals surface area contributed by atoms with Crippen molar-refractivity contribution in [2.45, 2.75) is 228 Å². The van der Waals surface area contributed by atoms with E-state index in [0.29, 0.717) is 19.4 Å². The molecule has 0 bridgehead atoms. The summed E-state index contributed by atoms with van der Waals surface area (Å²) in [6.07, 6.45) is 9.08. The number of carbonyl (C=O) groups is 4. The van der Waals surface area contributed by atoms with Crippen molar-refractivity contribution in [1.29, 1.82) is 0 Å². The minimum Gasteiger partial charge on any atom is -0.460 e. The summed E-state index contributed by atoms with van der Waals surface area (Å²) in [6, 6.07) is 1.77. The van der Waals surface area contributed by atoms with Gasteiger partial charge < -0.3 is 55.5 Å². The van der Waals surface area contributed by atoms with Crippen molar-refractivity contribution in [1.82, 2.24) is 10.6 Å². The van der Waals surface area contributed by atoms with E-state index in [2.05, 4.69) is 138 Å². The lowest BCUT2D eigenvalue weighted by molar-refractivity contribution is -0.156. The monoisotopic (exact) mass is 1120 g/mol. The van der Waals surface area contributed by atoms with E-state index in [0.717, 1.165) is 69.5 Å². The van der Waals surface area contributed by atoms with Gasteiger partial charge in [0.2, 0.25) is 0 Å². The first-order valence-electron chi connectivity index (χ1n) is 27.3. The lowest BCUT2D eigenvalue weighted by atomic mass is 9.61. The van der Waals surface area contributed by atoms with Crippen LogP contribution in [0.5, 0.6) is 0 Å². The number of nitrogens with one attached hydrogen (secondary N) is 2. The van der Waals surface area contributed by atoms with Gasteiger partial charge in [-0.1, -0.05) is 81.2 Å². The molecule has 0 heterocycles. The zero-order valence-electron chi connectivity index (χ0n) is 49.1. The Morgan fingerprint density at radius 2 is 1.07 bits per heavy atom. The van der Waals surface area contributed by atoms with Crippen LogP contribution in [0, 0.1) is 21.7 Å². The molecule has 2 rings (SSSR count). The Labute approximate surface area is 447 Å². The number of amides is 2. The number of unbranched alkanes of at least 4 members (excludes halogenated alkanes) is 1. The van der Waals surface area contributed by atoms with Crippen molar-refractivity contribution in [2.75, 3.05) is 46.2 Å². The molecule has 426 valence electrons. The largest absolute Gasteiger partial charge is 0.460 e. The predicted octanol–water partition coefficient (Wildman–Crippen LogP) is 12.2. The van der Waals surface area contributed by atoms with Crippen LogP contribution in [0.25, 0.3) is 0 Å². The van der Waals surface area contributed by atoms with Gasteiger partial charge in [0, 0.05) is 31.2 Å². The van der Waals surface area contributed by atoms with E-state index in [-0.39, 0.29) is 79.8 Å². The number of alkyl carbamates (subject to hydrolysis) is 2. The van der Waals surface area contributed by atoms with E-state index in [9.17, 15) is 19.2 Å². The molecule has 5 unspecified atom stereocenters. The lowest BCUT2D eigenvalue weighted by Gasteiger charge is -2.46. The Hall–Kier alpha value is -1.94. The second kappa shape index (κ2) is 29.2. The summed E-state index contributed by atoms with van der Waals surface area (Å²) in [5.41, 5.74) is -0.185. The van der Waals surface area contributed by atoms with E-state index >= 15 is 0 Å². The topological polar surface area (TPSA) is 185 Å². The Kier molecular flexibility index (Phi) is 26.8. The van der Waals surface area contributed by atoms with Crippen molar-refractivity contribution in [3.63, 3.8) is 0 Å². The maximum absolute atomic E-state index is 13.7. The Morgan fingerprint density at radius 1 is 0.589 bits per heavy atom. The van der Waals surface area contributed by atoms with Gasteiger partial charge in [-0.15, -0.1) is 0 Å². The second-order valence-corrected chi connectivity index (χ2v) is 45.6. The van der Waals surface area contributed by atoms with Crippen LogP contribution in [0.15, 0.2) is 12.7 Å². The van der Waals surface area contributed by atoms with Gasteiger partial charge in [0.05, 0.1) is 19.8 Å². The van der Waals surface area contributed by atoms with Gasteiger partial charge in [0.1, 0.15) is 19.8 Å². The van der Waals surface area contributed by atoms with Crippen LogP contribution < -0.4 is 10.6 Å². The highest BCUT2D eigenvalue weighted by Gasteiger charge is 2.46. The van der Waals surface area contributed by atoms with Crippen LogP contribution in [0.3, 0.4) is 0 Å². The summed E-state index contributed by atoms with van der Waals surface area (Å²) in [4.78, 5) is 51.0. The van der Waals surface area contributed by atoms with E-state index in [1.807, 2.05) is 0 Å². The van der Waals surface area contributed by atoms with Crippen molar-refractivity contribution in [3.8, 4) is 0 Å². The maximum atomic E-state index is 13.7. The molecule has 2 aliphatic carbocycles. The highest BCUT2D eigenvalue weighted by atomic mass is 28.5. The van der Waals surface area contributed by atoms with Gasteiger partial charge in [-0.2, -0.15) is 0 Å². The molecule has 0 aromatic rings. The third-order valence-electron chi connectivity index (χ3n) is 13.6. The average molecular weight is 1120 g/mol. The molecular weight excluding hydrogens is 1020 g/mol. The molecule has 16 nitrogen and oxygen atoms in total. The van der Waals surface area contributed by atoms with E-state index in [1.165, 1.54) is 6.42 Å². The predicted molar refractivity (Wildman–Crippen MR) is 301 cm³/mol. The molecule has 0 aromatic carbocycles. The second-order valence-electron chi connectivity index (χ2n) is 25.9. The molecule has 0 aliphatic heterocycles. The molecule has 2 aliphatic rings. The average Bonchev–Trinajstić information content (AvgIpc) is 3.20.